The van der Waals surface area contributed by atoms with Crippen LogP contribution in [0, 0.1) is 0 Å². The summed E-state index contributed by atoms with van der Waals surface area (Å²) in [5.74, 6) is -0.116. The number of rotatable bonds is 3. The van der Waals surface area contributed by atoms with Gasteiger partial charge in [-0.05, 0) is 20.4 Å². The fraction of sp³-hybridized carbons (Fsp3) is 0.909. The van der Waals surface area contributed by atoms with Gasteiger partial charge >= 0.3 is 5.97 Å². The van der Waals surface area contributed by atoms with E-state index in [-0.39, 0.29) is 5.97 Å². The van der Waals surface area contributed by atoms with Crippen LogP contribution in [0.2, 0.25) is 0 Å². The normalized spacial score (nSPS) is 23.5. The van der Waals surface area contributed by atoms with Gasteiger partial charge in [0, 0.05) is 26.2 Å². The number of carbonyl (C=O) groups excluding carboxylic acids is 1. The number of carbonyl (C=O) groups is 1. The highest BCUT2D eigenvalue weighted by atomic mass is 16.5. The molecule has 1 aliphatic rings. The molecule has 0 aromatic rings. The highest BCUT2D eigenvalue weighted by Gasteiger charge is 2.39. The molecule has 0 bridgehead atoms. The predicted octanol–water partition coefficient (Wildman–Crippen LogP) is 0.575. The predicted molar refractivity (Wildman–Crippen MR) is 59.8 cm³/mol. The molecule has 0 aliphatic carbocycles. The first-order valence-corrected chi connectivity index (χ1v) is 5.56. The third kappa shape index (κ3) is 2.49. The third-order valence-electron chi connectivity index (χ3n) is 3.51. The summed E-state index contributed by atoms with van der Waals surface area (Å²) in [6.07, 6.45) is 0.795. The SMILES string of the molecule is CC[C@@](C)(C(=O)OC)N1CCN(C)CC1. The van der Waals surface area contributed by atoms with Crippen molar-refractivity contribution in [3.8, 4) is 0 Å². The molecular formula is C11H22N2O2. The summed E-state index contributed by atoms with van der Waals surface area (Å²) in [6.45, 7) is 7.93. The fourth-order valence-electron chi connectivity index (χ4n) is 2.02. The average Bonchev–Trinajstić information content (AvgIpc) is 2.27. The Morgan fingerprint density at radius 3 is 2.27 bits per heavy atom. The molecule has 0 aromatic carbocycles. The van der Waals surface area contributed by atoms with Crippen molar-refractivity contribution >= 4 is 5.97 Å². The van der Waals surface area contributed by atoms with E-state index < -0.39 is 5.54 Å². The Bertz CT molecular complexity index is 225. The van der Waals surface area contributed by atoms with Crippen molar-refractivity contribution < 1.29 is 9.53 Å². The van der Waals surface area contributed by atoms with Gasteiger partial charge in [-0.25, -0.2) is 0 Å². The van der Waals surface area contributed by atoms with Gasteiger partial charge in [0.2, 0.25) is 0 Å². The van der Waals surface area contributed by atoms with Crippen LogP contribution in [0.5, 0.6) is 0 Å². The zero-order valence-electron chi connectivity index (χ0n) is 10.2. The van der Waals surface area contributed by atoms with E-state index in [1.807, 2.05) is 13.8 Å². The summed E-state index contributed by atoms with van der Waals surface area (Å²) in [5.41, 5.74) is -0.448. The summed E-state index contributed by atoms with van der Waals surface area (Å²) < 4.78 is 4.89. The van der Waals surface area contributed by atoms with Crippen LogP contribution in [-0.2, 0) is 9.53 Å². The Morgan fingerprint density at radius 2 is 1.87 bits per heavy atom. The summed E-state index contributed by atoms with van der Waals surface area (Å²) in [6, 6.07) is 0. The number of hydrogen-bond donors (Lipinski definition) is 0. The molecule has 1 heterocycles. The largest absolute Gasteiger partial charge is 0.468 e. The van der Waals surface area contributed by atoms with Crippen molar-refractivity contribution in [2.45, 2.75) is 25.8 Å². The number of hydrogen-bond acceptors (Lipinski definition) is 4. The van der Waals surface area contributed by atoms with Gasteiger partial charge in [-0.2, -0.15) is 0 Å². The summed E-state index contributed by atoms with van der Waals surface area (Å²) in [7, 11) is 3.57. The Kier molecular flexibility index (Phi) is 4.11. The van der Waals surface area contributed by atoms with Crippen molar-refractivity contribution in [2.75, 3.05) is 40.3 Å². The molecule has 1 saturated heterocycles. The van der Waals surface area contributed by atoms with E-state index in [0.717, 1.165) is 32.6 Å². The Balaban J connectivity index is 2.69. The molecule has 1 aliphatic heterocycles. The minimum atomic E-state index is -0.448. The van der Waals surface area contributed by atoms with E-state index in [2.05, 4.69) is 16.8 Å². The van der Waals surface area contributed by atoms with Crippen LogP contribution >= 0.6 is 0 Å². The number of ether oxygens (including phenoxy) is 1. The van der Waals surface area contributed by atoms with Crippen molar-refractivity contribution in [3.05, 3.63) is 0 Å². The molecule has 0 unspecified atom stereocenters. The first kappa shape index (κ1) is 12.5. The monoisotopic (exact) mass is 214 g/mol. The molecule has 0 amide bonds. The molecule has 0 spiro atoms. The minimum Gasteiger partial charge on any atom is -0.468 e. The minimum absolute atomic E-state index is 0.116. The van der Waals surface area contributed by atoms with Gasteiger partial charge in [-0.15, -0.1) is 0 Å². The molecule has 4 nitrogen and oxygen atoms in total. The fourth-order valence-corrected chi connectivity index (χ4v) is 2.02. The van der Waals surface area contributed by atoms with Crippen molar-refractivity contribution in [1.82, 2.24) is 9.80 Å². The number of nitrogens with zero attached hydrogens (tertiary/aromatic N) is 2. The van der Waals surface area contributed by atoms with Gasteiger partial charge in [-0.1, -0.05) is 6.92 Å². The molecule has 1 rings (SSSR count). The maximum Gasteiger partial charge on any atom is 0.325 e. The van der Waals surface area contributed by atoms with E-state index in [9.17, 15) is 4.79 Å². The average molecular weight is 214 g/mol. The zero-order valence-corrected chi connectivity index (χ0v) is 10.2. The van der Waals surface area contributed by atoms with Crippen LogP contribution in [0.1, 0.15) is 20.3 Å². The van der Waals surface area contributed by atoms with Crippen molar-refractivity contribution in [3.63, 3.8) is 0 Å². The lowest BCUT2D eigenvalue weighted by Crippen LogP contribution is -2.58. The van der Waals surface area contributed by atoms with E-state index in [0.29, 0.717) is 0 Å². The lowest BCUT2D eigenvalue weighted by molar-refractivity contribution is -0.155. The quantitative estimate of drug-likeness (QED) is 0.643. The van der Waals surface area contributed by atoms with E-state index >= 15 is 0 Å². The van der Waals surface area contributed by atoms with Crippen LogP contribution in [0.25, 0.3) is 0 Å². The van der Waals surface area contributed by atoms with Crippen LogP contribution in [-0.4, -0.2) is 61.6 Å². The van der Waals surface area contributed by atoms with E-state index in [1.54, 1.807) is 0 Å². The van der Waals surface area contributed by atoms with Crippen LogP contribution in [0.15, 0.2) is 0 Å². The second-order valence-corrected chi connectivity index (χ2v) is 4.41. The van der Waals surface area contributed by atoms with Gasteiger partial charge in [0.25, 0.3) is 0 Å². The van der Waals surface area contributed by atoms with Crippen molar-refractivity contribution in [1.29, 1.82) is 0 Å². The maximum atomic E-state index is 11.8. The molecule has 1 fully saturated rings. The van der Waals surface area contributed by atoms with Crippen LogP contribution in [0.3, 0.4) is 0 Å². The van der Waals surface area contributed by atoms with Gasteiger partial charge in [0.05, 0.1) is 7.11 Å². The summed E-state index contributed by atoms with van der Waals surface area (Å²) in [5, 5.41) is 0. The first-order chi connectivity index (χ1) is 7.04. The molecule has 88 valence electrons. The second kappa shape index (κ2) is 4.94. The summed E-state index contributed by atoms with van der Waals surface area (Å²) in [4.78, 5) is 16.3. The molecule has 0 saturated carbocycles. The Morgan fingerprint density at radius 1 is 1.33 bits per heavy atom. The lowest BCUT2D eigenvalue weighted by Gasteiger charge is -2.42. The molecule has 0 N–H and O–H groups in total. The molecule has 1 atom stereocenters. The Labute approximate surface area is 92.2 Å². The zero-order chi connectivity index (χ0) is 11.5. The molecule has 4 heteroatoms. The van der Waals surface area contributed by atoms with Gasteiger partial charge in [0.1, 0.15) is 5.54 Å². The first-order valence-electron chi connectivity index (χ1n) is 5.56. The van der Waals surface area contributed by atoms with Gasteiger partial charge in [-0.3, -0.25) is 9.69 Å². The van der Waals surface area contributed by atoms with Crippen LogP contribution < -0.4 is 0 Å². The highest BCUT2D eigenvalue weighted by molar-refractivity contribution is 5.80. The van der Waals surface area contributed by atoms with E-state index in [1.165, 1.54) is 7.11 Å². The number of esters is 1. The number of methoxy groups -OCH3 is 1. The highest BCUT2D eigenvalue weighted by Crippen LogP contribution is 2.22. The third-order valence-corrected chi connectivity index (χ3v) is 3.51. The standard InChI is InChI=1S/C11H22N2O2/c1-5-11(2,10(14)15-4)13-8-6-12(3)7-9-13/h5-9H2,1-4H3/t11-/m0/s1. The smallest absolute Gasteiger partial charge is 0.325 e. The molecule has 0 aromatic heterocycles. The molecule has 0 radical (unpaired) electrons. The van der Waals surface area contributed by atoms with Gasteiger partial charge in [0.15, 0.2) is 0 Å². The maximum absolute atomic E-state index is 11.8. The Hall–Kier alpha value is -0.610. The van der Waals surface area contributed by atoms with Crippen LogP contribution in [0.4, 0.5) is 0 Å². The molecular weight excluding hydrogens is 192 g/mol. The number of likely N-dealkylation sites (N-methyl/N-ethyl adjacent to an activating group) is 1. The summed E-state index contributed by atoms with van der Waals surface area (Å²) >= 11 is 0. The molecule has 15 heavy (non-hydrogen) atoms. The topological polar surface area (TPSA) is 32.8 Å². The van der Waals surface area contributed by atoms with Gasteiger partial charge < -0.3 is 9.64 Å². The number of piperazine rings is 1. The second-order valence-electron chi connectivity index (χ2n) is 4.41. The van der Waals surface area contributed by atoms with Crippen molar-refractivity contribution in [2.24, 2.45) is 0 Å². The van der Waals surface area contributed by atoms with E-state index in [4.69, 9.17) is 4.74 Å². The lowest BCUT2D eigenvalue weighted by atomic mass is 9.95.